The second-order valence-corrected chi connectivity index (χ2v) is 5.56. The highest BCUT2D eigenvalue weighted by Gasteiger charge is 2.56. The number of aliphatic hydroxyl groups is 2. The first-order chi connectivity index (χ1) is 9.37. The fraction of sp³-hybridized carbons (Fsp3) is 0.571. The van der Waals surface area contributed by atoms with E-state index in [1.54, 1.807) is 13.8 Å². The topological polar surface area (TPSA) is 68.2 Å². The van der Waals surface area contributed by atoms with E-state index in [1.807, 2.05) is 0 Å². The Labute approximate surface area is 115 Å². The Kier molecular flexibility index (Phi) is 3.30. The largest absolute Gasteiger partial charge is 0.387 e. The Bertz CT molecular complexity index is 489. The second kappa shape index (κ2) is 4.75. The van der Waals surface area contributed by atoms with Gasteiger partial charge in [0.25, 0.3) is 0 Å². The van der Waals surface area contributed by atoms with E-state index in [1.165, 1.54) is 24.3 Å². The molecule has 20 heavy (non-hydrogen) atoms. The second-order valence-electron chi connectivity index (χ2n) is 5.56. The molecule has 1 aromatic rings. The molecular weight excluding hydrogens is 267 g/mol. The van der Waals surface area contributed by atoms with Gasteiger partial charge in [-0.15, -0.1) is 0 Å². The predicted octanol–water partition coefficient (Wildman–Crippen LogP) is 1.10. The Balaban J connectivity index is 1.75. The van der Waals surface area contributed by atoms with Crippen LogP contribution in [0.15, 0.2) is 24.3 Å². The molecule has 0 radical (unpaired) electrons. The molecule has 1 aromatic carbocycles. The van der Waals surface area contributed by atoms with Gasteiger partial charge in [-0.1, -0.05) is 12.1 Å². The minimum atomic E-state index is -1.08. The van der Waals surface area contributed by atoms with Gasteiger partial charge in [0.05, 0.1) is 0 Å². The van der Waals surface area contributed by atoms with Crippen LogP contribution in [-0.2, 0) is 14.2 Å². The zero-order valence-electron chi connectivity index (χ0n) is 11.2. The van der Waals surface area contributed by atoms with Crippen molar-refractivity contribution in [2.45, 2.75) is 50.3 Å². The van der Waals surface area contributed by atoms with Crippen molar-refractivity contribution in [1.29, 1.82) is 0 Å². The number of hydrogen-bond donors (Lipinski definition) is 2. The number of hydrogen-bond acceptors (Lipinski definition) is 5. The van der Waals surface area contributed by atoms with Gasteiger partial charge in [-0.25, -0.2) is 4.39 Å². The van der Waals surface area contributed by atoms with Gasteiger partial charge in [-0.3, -0.25) is 0 Å². The molecular formula is C14H17FO5. The van der Waals surface area contributed by atoms with Crippen LogP contribution in [-0.4, -0.2) is 40.6 Å². The van der Waals surface area contributed by atoms with Crippen molar-refractivity contribution in [1.82, 2.24) is 0 Å². The zero-order valence-corrected chi connectivity index (χ0v) is 11.2. The summed E-state index contributed by atoms with van der Waals surface area (Å²) < 4.78 is 29.5. The number of rotatable bonds is 2. The lowest BCUT2D eigenvalue weighted by atomic mass is 9.99. The first-order valence-corrected chi connectivity index (χ1v) is 6.50. The Morgan fingerprint density at radius 3 is 2.45 bits per heavy atom. The maximum atomic E-state index is 12.9. The Hall–Kier alpha value is -1.05. The van der Waals surface area contributed by atoms with E-state index < -0.39 is 36.5 Å². The van der Waals surface area contributed by atoms with E-state index in [-0.39, 0.29) is 5.82 Å². The first-order valence-electron chi connectivity index (χ1n) is 6.50. The highest BCUT2D eigenvalue weighted by molar-refractivity contribution is 5.20. The minimum Gasteiger partial charge on any atom is -0.387 e. The molecule has 0 bridgehead atoms. The average molecular weight is 284 g/mol. The van der Waals surface area contributed by atoms with E-state index in [0.717, 1.165) is 0 Å². The molecule has 110 valence electrons. The molecule has 5 nitrogen and oxygen atoms in total. The molecule has 0 spiro atoms. The molecule has 5 atom stereocenters. The Morgan fingerprint density at radius 2 is 1.85 bits per heavy atom. The first kappa shape index (κ1) is 13.9. The molecule has 0 aromatic heterocycles. The summed E-state index contributed by atoms with van der Waals surface area (Å²) in [6.07, 6.45) is -4.30. The summed E-state index contributed by atoms with van der Waals surface area (Å²) in [6.45, 7) is 3.46. The van der Waals surface area contributed by atoms with E-state index in [4.69, 9.17) is 14.2 Å². The molecule has 6 heteroatoms. The zero-order chi connectivity index (χ0) is 14.5. The molecule has 2 aliphatic heterocycles. The SMILES string of the molecule is CC1(C)O[C@H]2O[C@@H]([C@H](O)c3ccc(F)cc3)[C@H](O)[C@H]2O1. The smallest absolute Gasteiger partial charge is 0.190 e. The predicted molar refractivity (Wildman–Crippen MR) is 66.1 cm³/mol. The minimum absolute atomic E-state index is 0.390. The summed E-state index contributed by atoms with van der Waals surface area (Å²) in [5.41, 5.74) is 0.467. The van der Waals surface area contributed by atoms with Gasteiger partial charge in [0.1, 0.15) is 30.2 Å². The van der Waals surface area contributed by atoms with Gasteiger partial charge in [0, 0.05) is 0 Å². The van der Waals surface area contributed by atoms with Crippen molar-refractivity contribution >= 4 is 0 Å². The lowest BCUT2D eigenvalue weighted by Gasteiger charge is -2.26. The van der Waals surface area contributed by atoms with Crippen LogP contribution in [0, 0.1) is 5.82 Å². The third-order valence-corrected chi connectivity index (χ3v) is 3.58. The summed E-state index contributed by atoms with van der Waals surface area (Å²) >= 11 is 0. The van der Waals surface area contributed by atoms with Crippen LogP contribution < -0.4 is 0 Å². The maximum absolute atomic E-state index is 12.9. The van der Waals surface area contributed by atoms with Crippen LogP contribution in [0.3, 0.4) is 0 Å². The number of aliphatic hydroxyl groups excluding tert-OH is 2. The molecule has 2 aliphatic rings. The van der Waals surface area contributed by atoms with Crippen molar-refractivity contribution in [2.24, 2.45) is 0 Å². The summed E-state index contributed by atoms with van der Waals surface area (Å²) in [5.74, 6) is -1.21. The normalized spacial score (nSPS) is 36.9. The lowest BCUT2D eigenvalue weighted by Crippen LogP contribution is -2.37. The molecule has 0 unspecified atom stereocenters. The molecule has 0 aliphatic carbocycles. The highest BCUT2D eigenvalue weighted by Crippen LogP contribution is 2.40. The van der Waals surface area contributed by atoms with Gasteiger partial charge in [-0.2, -0.15) is 0 Å². The van der Waals surface area contributed by atoms with E-state index in [9.17, 15) is 14.6 Å². The molecule has 0 amide bonds. The summed E-state index contributed by atoms with van der Waals surface area (Å²) in [5, 5.41) is 20.5. The number of ether oxygens (including phenoxy) is 3. The van der Waals surface area contributed by atoms with E-state index in [2.05, 4.69) is 0 Å². The van der Waals surface area contributed by atoms with E-state index in [0.29, 0.717) is 5.56 Å². The molecule has 0 saturated carbocycles. The summed E-state index contributed by atoms with van der Waals surface area (Å²) in [4.78, 5) is 0. The van der Waals surface area contributed by atoms with Crippen LogP contribution in [0.25, 0.3) is 0 Å². The van der Waals surface area contributed by atoms with Crippen molar-refractivity contribution in [2.75, 3.05) is 0 Å². The quantitative estimate of drug-likeness (QED) is 0.851. The monoisotopic (exact) mass is 284 g/mol. The molecule has 2 saturated heterocycles. The summed E-state index contributed by atoms with van der Waals surface area (Å²) in [7, 11) is 0. The number of fused-ring (bicyclic) bond motifs is 1. The van der Waals surface area contributed by atoms with Gasteiger partial charge >= 0.3 is 0 Å². The third kappa shape index (κ3) is 2.34. The fourth-order valence-corrected chi connectivity index (χ4v) is 2.63. The average Bonchev–Trinajstić information content (AvgIpc) is 2.84. The maximum Gasteiger partial charge on any atom is 0.190 e. The lowest BCUT2D eigenvalue weighted by molar-refractivity contribution is -0.226. The number of benzene rings is 1. The fourth-order valence-electron chi connectivity index (χ4n) is 2.63. The van der Waals surface area contributed by atoms with Gasteiger partial charge < -0.3 is 24.4 Å². The van der Waals surface area contributed by atoms with Gasteiger partial charge in [0.2, 0.25) is 0 Å². The standard InChI is InChI=1S/C14H17FO5/c1-14(2)19-12-10(17)11(18-13(12)20-14)9(16)7-3-5-8(15)6-4-7/h3-6,9-13,16-17H,1-2H3/t9-,10+,11+,12-,13-/m1/s1. The van der Waals surface area contributed by atoms with Crippen molar-refractivity contribution < 1.29 is 28.8 Å². The van der Waals surface area contributed by atoms with E-state index >= 15 is 0 Å². The van der Waals surface area contributed by atoms with Crippen LogP contribution in [0.4, 0.5) is 4.39 Å². The van der Waals surface area contributed by atoms with Crippen LogP contribution in [0.2, 0.25) is 0 Å². The van der Waals surface area contributed by atoms with Gasteiger partial charge in [-0.05, 0) is 31.5 Å². The molecule has 3 rings (SSSR count). The van der Waals surface area contributed by atoms with Crippen molar-refractivity contribution in [3.05, 3.63) is 35.6 Å². The molecule has 2 heterocycles. The number of halogens is 1. The van der Waals surface area contributed by atoms with Crippen LogP contribution in [0.1, 0.15) is 25.5 Å². The highest BCUT2D eigenvalue weighted by atomic mass is 19.1. The molecule has 2 fully saturated rings. The van der Waals surface area contributed by atoms with Crippen LogP contribution >= 0.6 is 0 Å². The molecule has 2 N–H and O–H groups in total. The van der Waals surface area contributed by atoms with Crippen molar-refractivity contribution in [3.63, 3.8) is 0 Å². The Morgan fingerprint density at radius 1 is 1.20 bits per heavy atom. The van der Waals surface area contributed by atoms with Gasteiger partial charge in [0.15, 0.2) is 12.1 Å². The third-order valence-electron chi connectivity index (χ3n) is 3.58. The summed E-state index contributed by atoms with van der Waals surface area (Å²) in [6, 6.07) is 5.40. The van der Waals surface area contributed by atoms with Crippen molar-refractivity contribution in [3.8, 4) is 0 Å². The van der Waals surface area contributed by atoms with Crippen LogP contribution in [0.5, 0.6) is 0 Å².